The van der Waals surface area contributed by atoms with E-state index in [4.69, 9.17) is 5.73 Å². The Bertz CT molecular complexity index is 194. The third kappa shape index (κ3) is 6.92. The van der Waals surface area contributed by atoms with Crippen LogP contribution in [0.5, 0.6) is 0 Å². The Morgan fingerprint density at radius 1 is 1.19 bits per heavy atom. The maximum Gasteiger partial charge on any atom is 0.00390 e. The van der Waals surface area contributed by atoms with Crippen molar-refractivity contribution in [3.63, 3.8) is 0 Å². The SMILES string of the molecule is C=C(N)C(CCCCC)CCC(C)(C)CC. The highest BCUT2D eigenvalue weighted by molar-refractivity contribution is 4.94. The van der Waals surface area contributed by atoms with E-state index < -0.39 is 0 Å². The molecule has 0 saturated heterocycles. The molecule has 16 heavy (non-hydrogen) atoms. The van der Waals surface area contributed by atoms with Gasteiger partial charge in [0.25, 0.3) is 0 Å². The van der Waals surface area contributed by atoms with Crippen LogP contribution in [0.2, 0.25) is 0 Å². The summed E-state index contributed by atoms with van der Waals surface area (Å²) in [6, 6.07) is 0. The summed E-state index contributed by atoms with van der Waals surface area (Å²) in [5.74, 6) is 0.539. The van der Waals surface area contributed by atoms with Gasteiger partial charge in [-0.3, -0.25) is 0 Å². The predicted octanol–water partition coefficient (Wildman–Crippen LogP) is 4.87. The predicted molar refractivity (Wildman–Crippen MR) is 74.3 cm³/mol. The van der Waals surface area contributed by atoms with Crippen LogP contribution in [0.25, 0.3) is 0 Å². The molecular weight excluding hydrogens is 194 g/mol. The third-order valence-electron chi connectivity index (χ3n) is 3.81. The van der Waals surface area contributed by atoms with Gasteiger partial charge in [0.15, 0.2) is 0 Å². The van der Waals surface area contributed by atoms with Crippen LogP contribution in [0.4, 0.5) is 0 Å². The molecule has 0 heterocycles. The minimum atomic E-state index is 0.457. The molecule has 1 unspecified atom stereocenters. The molecule has 0 spiro atoms. The highest BCUT2D eigenvalue weighted by atomic mass is 14.6. The molecule has 0 radical (unpaired) electrons. The molecule has 0 aromatic rings. The molecule has 0 aliphatic rings. The van der Waals surface area contributed by atoms with E-state index in [1.807, 2.05) is 0 Å². The van der Waals surface area contributed by atoms with Crippen molar-refractivity contribution in [2.75, 3.05) is 0 Å². The lowest BCUT2D eigenvalue weighted by Gasteiger charge is -2.26. The Labute approximate surface area is 102 Å². The summed E-state index contributed by atoms with van der Waals surface area (Å²) in [4.78, 5) is 0. The van der Waals surface area contributed by atoms with E-state index in [1.165, 1.54) is 44.9 Å². The molecule has 1 heteroatoms. The topological polar surface area (TPSA) is 26.0 Å². The van der Waals surface area contributed by atoms with E-state index >= 15 is 0 Å². The van der Waals surface area contributed by atoms with E-state index in [9.17, 15) is 0 Å². The van der Waals surface area contributed by atoms with Crippen LogP contribution in [0.1, 0.15) is 72.6 Å². The van der Waals surface area contributed by atoms with Crippen LogP contribution < -0.4 is 5.73 Å². The molecule has 0 aliphatic carbocycles. The summed E-state index contributed by atoms with van der Waals surface area (Å²) in [5.41, 5.74) is 7.24. The molecule has 96 valence electrons. The number of rotatable bonds is 9. The fraction of sp³-hybridized carbons (Fsp3) is 0.867. The molecule has 0 bridgehead atoms. The Morgan fingerprint density at radius 3 is 2.25 bits per heavy atom. The standard InChI is InChI=1S/C15H31N/c1-6-8-9-10-14(13(3)16)11-12-15(4,5)7-2/h14H,3,6-12,16H2,1-2,4-5H3. The van der Waals surface area contributed by atoms with E-state index in [-0.39, 0.29) is 0 Å². The fourth-order valence-electron chi connectivity index (χ4n) is 1.90. The van der Waals surface area contributed by atoms with Crippen LogP contribution in [-0.4, -0.2) is 0 Å². The minimum absolute atomic E-state index is 0.457. The second-order valence-electron chi connectivity index (χ2n) is 5.82. The molecule has 0 saturated carbocycles. The normalized spacial score (nSPS) is 13.8. The van der Waals surface area contributed by atoms with Crippen molar-refractivity contribution in [1.82, 2.24) is 0 Å². The largest absolute Gasteiger partial charge is 0.402 e. The second-order valence-corrected chi connectivity index (χ2v) is 5.82. The van der Waals surface area contributed by atoms with Gasteiger partial charge in [-0.05, 0) is 30.6 Å². The molecule has 0 aromatic carbocycles. The maximum absolute atomic E-state index is 5.90. The van der Waals surface area contributed by atoms with Gasteiger partial charge in [-0.25, -0.2) is 0 Å². The van der Waals surface area contributed by atoms with Crippen LogP contribution in [0.15, 0.2) is 12.3 Å². The number of nitrogens with two attached hydrogens (primary N) is 1. The summed E-state index contributed by atoms with van der Waals surface area (Å²) in [5, 5.41) is 0. The lowest BCUT2D eigenvalue weighted by Crippen LogP contribution is -2.16. The quantitative estimate of drug-likeness (QED) is 0.556. The Hall–Kier alpha value is -0.460. The first-order chi connectivity index (χ1) is 7.43. The van der Waals surface area contributed by atoms with Gasteiger partial charge in [-0.2, -0.15) is 0 Å². The van der Waals surface area contributed by atoms with Crippen molar-refractivity contribution >= 4 is 0 Å². The second kappa shape index (κ2) is 7.76. The monoisotopic (exact) mass is 225 g/mol. The van der Waals surface area contributed by atoms with Crippen molar-refractivity contribution in [2.24, 2.45) is 17.1 Å². The summed E-state index contributed by atoms with van der Waals surface area (Å²) >= 11 is 0. The lowest BCUT2D eigenvalue weighted by atomic mass is 9.81. The van der Waals surface area contributed by atoms with E-state index in [0.29, 0.717) is 11.3 Å². The molecular formula is C15H31N. The van der Waals surface area contributed by atoms with Crippen molar-refractivity contribution in [3.05, 3.63) is 12.3 Å². The van der Waals surface area contributed by atoms with E-state index in [2.05, 4.69) is 34.3 Å². The summed E-state index contributed by atoms with van der Waals surface area (Å²) in [7, 11) is 0. The van der Waals surface area contributed by atoms with Crippen molar-refractivity contribution in [3.8, 4) is 0 Å². The van der Waals surface area contributed by atoms with Crippen LogP contribution in [0, 0.1) is 11.3 Å². The smallest absolute Gasteiger partial charge is 0.00390 e. The number of hydrogen-bond acceptors (Lipinski definition) is 1. The number of allylic oxidation sites excluding steroid dienone is 1. The summed E-state index contributed by atoms with van der Waals surface area (Å²) in [6.07, 6.45) is 8.83. The average Bonchev–Trinajstić information content (AvgIpc) is 2.22. The van der Waals surface area contributed by atoms with Crippen molar-refractivity contribution < 1.29 is 0 Å². The van der Waals surface area contributed by atoms with E-state index in [1.54, 1.807) is 0 Å². The van der Waals surface area contributed by atoms with Gasteiger partial charge < -0.3 is 5.73 Å². The van der Waals surface area contributed by atoms with Crippen molar-refractivity contribution in [2.45, 2.75) is 72.6 Å². The first-order valence-electron chi connectivity index (χ1n) is 6.87. The molecule has 1 nitrogen and oxygen atoms in total. The van der Waals surface area contributed by atoms with Gasteiger partial charge in [0, 0.05) is 5.70 Å². The van der Waals surface area contributed by atoms with Gasteiger partial charge in [0.1, 0.15) is 0 Å². The Balaban J connectivity index is 3.99. The van der Waals surface area contributed by atoms with Gasteiger partial charge in [-0.1, -0.05) is 60.0 Å². The van der Waals surface area contributed by atoms with E-state index in [0.717, 1.165) is 5.70 Å². The molecule has 0 fully saturated rings. The van der Waals surface area contributed by atoms with Crippen LogP contribution >= 0.6 is 0 Å². The zero-order valence-electron chi connectivity index (χ0n) is 11.8. The van der Waals surface area contributed by atoms with Gasteiger partial charge in [0.05, 0.1) is 0 Å². The van der Waals surface area contributed by atoms with Gasteiger partial charge in [0.2, 0.25) is 0 Å². The van der Waals surface area contributed by atoms with Crippen LogP contribution in [0.3, 0.4) is 0 Å². The zero-order valence-corrected chi connectivity index (χ0v) is 11.8. The summed E-state index contributed by atoms with van der Waals surface area (Å²) in [6.45, 7) is 13.1. The number of unbranched alkanes of at least 4 members (excludes halogenated alkanes) is 2. The highest BCUT2D eigenvalue weighted by Crippen LogP contribution is 2.31. The molecule has 0 rings (SSSR count). The minimum Gasteiger partial charge on any atom is -0.402 e. The molecule has 0 aromatic heterocycles. The first-order valence-corrected chi connectivity index (χ1v) is 6.87. The maximum atomic E-state index is 5.90. The molecule has 0 amide bonds. The lowest BCUT2D eigenvalue weighted by molar-refractivity contribution is 0.286. The van der Waals surface area contributed by atoms with Crippen molar-refractivity contribution in [1.29, 1.82) is 0 Å². The molecule has 0 aliphatic heterocycles. The summed E-state index contributed by atoms with van der Waals surface area (Å²) < 4.78 is 0. The fourth-order valence-corrected chi connectivity index (χ4v) is 1.90. The third-order valence-corrected chi connectivity index (χ3v) is 3.81. The molecule has 1 atom stereocenters. The first kappa shape index (κ1) is 15.5. The molecule has 2 N–H and O–H groups in total. The Kier molecular flexibility index (Phi) is 7.53. The Morgan fingerprint density at radius 2 is 1.81 bits per heavy atom. The van der Waals surface area contributed by atoms with Gasteiger partial charge in [-0.15, -0.1) is 0 Å². The van der Waals surface area contributed by atoms with Crippen LogP contribution in [-0.2, 0) is 0 Å². The van der Waals surface area contributed by atoms with Gasteiger partial charge >= 0.3 is 0 Å². The number of hydrogen-bond donors (Lipinski definition) is 1. The zero-order chi connectivity index (χ0) is 12.6. The highest BCUT2D eigenvalue weighted by Gasteiger charge is 2.18. The average molecular weight is 225 g/mol.